The summed E-state index contributed by atoms with van der Waals surface area (Å²) in [5, 5.41) is 10.1. The number of amides is 1. The Kier molecular flexibility index (Phi) is 6.26. The molecule has 1 amide bonds. The third kappa shape index (κ3) is 4.31. The maximum absolute atomic E-state index is 12.0. The molecule has 7 nitrogen and oxygen atoms in total. The first-order valence-electron chi connectivity index (χ1n) is 9.08. The van der Waals surface area contributed by atoms with Gasteiger partial charge in [0.1, 0.15) is 11.6 Å². The maximum atomic E-state index is 12.0. The van der Waals surface area contributed by atoms with Crippen molar-refractivity contribution >= 4 is 29.2 Å². The van der Waals surface area contributed by atoms with Crippen molar-refractivity contribution in [2.45, 2.75) is 32.5 Å². The van der Waals surface area contributed by atoms with Gasteiger partial charge in [-0.1, -0.05) is 23.7 Å². The van der Waals surface area contributed by atoms with Crippen LogP contribution in [-0.2, 0) is 11.3 Å². The third-order valence-corrected chi connectivity index (χ3v) is 5.31. The fourth-order valence-electron chi connectivity index (χ4n) is 3.21. The van der Waals surface area contributed by atoms with Crippen molar-refractivity contribution in [2.75, 3.05) is 30.1 Å². The Morgan fingerprint density at radius 2 is 2.11 bits per heavy atom. The predicted octanol–water partition coefficient (Wildman–Crippen LogP) is 4.04. The molecule has 2 heterocycles. The van der Waals surface area contributed by atoms with Crippen LogP contribution >= 0.6 is 11.6 Å². The van der Waals surface area contributed by atoms with Crippen LogP contribution in [0.15, 0.2) is 36.5 Å². The summed E-state index contributed by atoms with van der Waals surface area (Å²) in [4.78, 5) is 19.7. The molecule has 8 heteroatoms. The van der Waals surface area contributed by atoms with Crippen LogP contribution in [0.5, 0.6) is 5.75 Å². The molecule has 1 saturated heterocycles. The van der Waals surface area contributed by atoms with Gasteiger partial charge in [-0.15, -0.1) is 0 Å². The zero-order valence-corrected chi connectivity index (χ0v) is 16.9. The van der Waals surface area contributed by atoms with Gasteiger partial charge in [0, 0.05) is 12.6 Å². The zero-order chi connectivity index (χ0) is 20.3. The van der Waals surface area contributed by atoms with Crippen molar-refractivity contribution in [3.63, 3.8) is 0 Å². The summed E-state index contributed by atoms with van der Waals surface area (Å²) >= 11 is 6.32. The molecule has 0 bridgehead atoms. The molecular formula is C20H24ClN3O4. The first-order valence-corrected chi connectivity index (χ1v) is 9.45. The molecule has 1 aliphatic heterocycles. The van der Waals surface area contributed by atoms with Crippen LogP contribution in [0.2, 0.25) is 5.02 Å². The van der Waals surface area contributed by atoms with E-state index < -0.39 is 6.09 Å². The number of pyridine rings is 1. The minimum atomic E-state index is -1.08. The number of rotatable bonds is 5. The second-order valence-electron chi connectivity index (χ2n) is 6.72. The molecule has 1 aromatic heterocycles. The van der Waals surface area contributed by atoms with Crippen molar-refractivity contribution in [1.82, 2.24) is 4.98 Å². The Morgan fingerprint density at radius 3 is 2.75 bits per heavy atom. The highest BCUT2D eigenvalue weighted by molar-refractivity contribution is 6.33. The van der Waals surface area contributed by atoms with Crippen molar-refractivity contribution in [3.8, 4) is 5.75 Å². The molecule has 0 saturated carbocycles. The lowest BCUT2D eigenvalue weighted by molar-refractivity contribution is 0.0281. The Hall–Kier alpha value is -2.51. The maximum Gasteiger partial charge on any atom is 0.412 e. The standard InChI is InChI=1S/C20H24ClN3O4/c1-13-14(2)28-9-8-23(13)19-10-18(17(21)11-22-19)24(20(25)26)12-15-4-6-16(27-3)7-5-15/h4-7,10-11,13-14H,8-9,12H2,1-3H3,(H,25,26). The first kappa shape index (κ1) is 20.2. The van der Waals surface area contributed by atoms with Gasteiger partial charge in [0.25, 0.3) is 0 Å². The van der Waals surface area contributed by atoms with E-state index in [-0.39, 0.29) is 23.7 Å². The van der Waals surface area contributed by atoms with E-state index in [1.165, 1.54) is 11.1 Å². The number of halogens is 1. The van der Waals surface area contributed by atoms with Crippen molar-refractivity contribution in [3.05, 3.63) is 47.1 Å². The summed E-state index contributed by atoms with van der Waals surface area (Å²) in [7, 11) is 1.59. The van der Waals surface area contributed by atoms with Gasteiger partial charge in [-0.2, -0.15) is 0 Å². The summed E-state index contributed by atoms with van der Waals surface area (Å²) in [6.07, 6.45) is 0.478. The number of benzene rings is 1. The van der Waals surface area contributed by atoms with Crippen LogP contribution in [0.25, 0.3) is 0 Å². The van der Waals surface area contributed by atoms with Gasteiger partial charge in [0.2, 0.25) is 0 Å². The molecule has 0 aliphatic carbocycles. The third-order valence-electron chi connectivity index (χ3n) is 5.02. The summed E-state index contributed by atoms with van der Waals surface area (Å²) < 4.78 is 10.8. The van der Waals surface area contributed by atoms with Crippen LogP contribution in [-0.4, -0.2) is 48.6 Å². The average molecular weight is 406 g/mol. The van der Waals surface area contributed by atoms with Gasteiger partial charge in [0.05, 0.1) is 49.3 Å². The van der Waals surface area contributed by atoms with Gasteiger partial charge < -0.3 is 19.5 Å². The lowest BCUT2D eigenvalue weighted by atomic mass is 10.1. The smallest absolute Gasteiger partial charge is 0.412 e. The highest BCUT2D eigenvalue weighted by Crippen LogP contribution is 2.32. The molecule has 0 spiro atoms. The van der Waals surface area contributed by atoms with Crippen molar-refractivity contribution in [1.29, 1.82) is 0 Å². The van der Waals surface area contributed by atoms with Gasteiger partial charge >= 0.3 is 6.09 Å². The minimum Gasteiger partial charge on any atom is -0.497 e. The number of methoxy groups -OCH3 is 1. The van der Waals surface area contributed by atoms with E-state index in [9.17, 15) is 9.90 Å². The zero-order valence-electron chi connectivity index (χ0n) is 16.1. The van der Waals surface area contributed by atoms with Crippen LogP contribution in [0.3, 0.4) is 0 Å². The average Bonchev–Trinajstić information content (AvgIpc) is 2.69. The quantitative estimate of drug-likeness (QED) is 0.809. The second kappa shape index (κ2) is 8.67. The molecule has 0 radical (unpaired) electrons. The second-order valence-corrected chi connectivity index (χ2v) is 7.13. The van der Waals surface area contributed by atoms with E-state index >= 15 is 0 Å². The lowest BCUT2D eigenvalue weighted by Crippen LogP contribution is -2.49. The Bertz CT molecular complexity index is 831. The Morgan fingerprint density at radius 1 is 1.39 bits per heavy atom. The Balaban J connectivity index is 1.90. The van der Waals surface area contributed by atoms with Gasteiger partial charge in [0.15, 0.2) is 0 Å². The number of anilines is 2. The number of morpholine rings is 1. The molecule has 1 fully saturated rings. The fraction of sp³-hybridized carbons (Fsp3) is 0.400. The number of hydrogen-bond donors (Lipinski definition) is 1. The Labute approximate surface area is 169 Å². The van der Waals surface area contributed by atoms with Gasteiger partial charge in [-0.05, 0) is 31.5 Å². The van der Waals surface area contributed by atoms with E-state index in [2.05, 4.69) is 16.8 Å². The number of carboxylic acid groups (broad SMARTS) is 1. The highest BCUT2D eigenvalue weighted by atomic mass is 35.5. The van der Waals surface area contributed by atoms with Crippen LogP contribution in [0, 0.1) is 0 Å². The predicted molar refractivity (Wildman–Crippen MR) is 109 cm³/mol. The SMILES string of the molecule is COc1ccc(CN(C(=O)O)c2cc(N3CCOC(C)C3C)ncc2Cl)cc1. The molecule has 1 aliphatic rings. The molecule has 2 unspecified atom stereocenters. The van der Waals surface area contributed by atoms with Crippen LogP contribution < -0.4 is 14.5 Å². The van der Waals surface area contributed by atoms with E-state index in [0.29, 0.717) is 30.4 Å². The molecular weight excluding hydrogens is 382 g/mol. The van der Waals surface area contributed by atoms with E-state index in [0.717, 1.165) is 5.56 Å². The topological polar surface area (TPSA) is 75.1 Å². The number of carbonyl (C=O) groups is 1. The molecule has 150 valence electrons. The summed E-state index contributed by atoms with van der Waals surface area (Å²) in [6.45, 7) is 5.52. The van der Waals surface area contributed by atoms with Crippen molar-refractivity contribution < 1.29 is 19.4 Å². The largest absolute Gasteiger partial charge is 0.497 e. The number of ether oxygens (including phenoxy) is 2. The van der Waals surface area contributed by atoms with Crippen molar-refractivity contribution in [2.24, 2.45) is 0 Å². The van der Waals surface area contributed by atoms with Crippen LogP contribution in [0.4, 0.5) is 16.3 Å². The number of nitrogens with zero attached hydrogens (tertiary/aromatic N) is 3. The summed E-state index contributed by atoms with van der Waals surface area (Å²) in [6, 6.07) is 9.11. The molecule has 2 aromatic rings. The summed E-state index contributed by atoms with van der Waals surface area (Å²) in [5.74, 6) is 1.40. The first-order chi connectivity index (χ1) is 13.4. The molecule has 1 aromatic carbocycles. The van der Waals surface area contributed by atoms with E-state index in [1.807, 2.05) is 19.1 Å². The fourth-order valence-corrected chi connectivity index (χ4v) is 3.41. The van der Waals surface area contributed by atoms with Gasteiger partial charge in [-0.25, -0.2) is 9.78 Å². The molecule has 28 heavy (non-hydrogen) atoms. The molecule has 3 rings (SSSR count). The number of hydrogen-bond acceptors (Lipinski definition) is 5. The summed E-state index contributed by atoms with van der Waals surface area (Å²) in [5.41, 5.74) is 1.23. The van der Waals surface area contributed by atoms with Gasteiger partial charge in [-0.3, -0.25) is 4.90 Å². The van der Waals surface area contributed by atoms with E-state index in [4.69, 9.17) is 21.1 Å². The van der Waals surface area contributed by atoms with E-state index in [1.54, 1.807) is 25.3 Å². The monoisotopic (exact) mass is 405 g/mol. The minimum absolute atomic E-state index is 0.0598. The lowest BCUT2D eigenvalue weighted by Gasteiger charge is -2.39. The highest BCUT2D eigenvalue weighted by Gasteiger charge is 2.28. The normalized spacial score (nSPS) is 19.4. The number of aromatic nitrogens is 1. The molecule has 1 N–H and O–H groups in total. The van der Waals surface area contributed by atoms with Crippen LogP contribution in [0.1, 0.15) is 19.4 Å². The molecule has 2 atom stereocenters.